The van der Waals surface area contributed by atoms with Crippen LogP contribution in [-0.4, -0.2) is 77.2 Å². The molecule has 1 heterocycles. The molecule has 55 heavy (non-hydrogen) atoms. The van der Waals surface area contributed by atoms with E-state index in [1.54, 1.807) is 65.8 Å². The average Bonchev–Trinajstić information content (AvgIpc) is 3.49. The van der Waals surface area contributed by atoms with E-state index in [4.69, 9.17) is 28.1 Å². The molecule has 0 spiro atoms. The number of carbonyl (C=O) groups is 6. The zero-order valence-electron chi connectivity index (χ0n) is 33.8. The number of esters is 3. The first-order valence-corrected chi connectivity index (χ1v) is 18.6. The van der Waals surface area contributed by atoms with Crippen LogP contribution in [0.3, 0.4) is 0 Å². The fourth-order valence-electron chi connectivity index (χ4n) is 5.36. The van der Waals surface area contributed by atoms with Crippen molar-refractivity contribution in [1.29, 1.82) is 0 Å². The quantitative estimate of drug-likeness (QED) is 0.0484. The molecule has 0 radical (unpaired) electrons. The van der Waals surface area contributed by atoms with Gasteiger partial charge in [-0.05, 0) is 87.6 Å². The standard InChI is InChI=1S/C41H56N2O12/c1-26(44)30-25-29-34(52-37(48)42-22-15-11-12-19-32(46)53-39(2,3)4)27-17-13-14-18-28(27)35(36(29)50-30)51-31(45)20-16-23-43(38(49)55-41(8,9)10)24-21-33(47)54-40(5,6)7/h13-14,17-18,25H,11-12,15-16,19-24H2,1-10H3,(H,42,48). The van der Waals surface area contributed by atoms with Gasteiger partial charge < -0.3 is 38.3 Å². The Balaban J connectivity index is 1.74. The van der Waals surface area contributed by atoms with Crippen LogP contribution >= 0.6 is 0 Å². The molecule has 0 saturated carbocycles. The second kappa shape index (κ2) is 18.9. The number of ether oxygens (including phenoxy) is 5. The number of hydrogen-bond donors (Lipinski definition) is 1. The van der Waals surface area contributed by atoms with E-state index in [-0.39, 0.29) is 73.0 Å². The Morgan fingerprint density at radius 2 is 1.20 bits per heavy atom. The van der Waals surface area contributed by atoms with Crippen LogP contribution in [0.4, 0.5) is 9.59 Å². The second-order valence-corrected chi connectivity index (χ2v) is 16.2. The van der Waals surface area contributed by atoms with Crippen molar-refractivity contribution in [2.75, 3.05) is 19.6 Å². The summed E-state index contributed by atoms with van der Waals surface area (Å²) in [4.78, 5) is 77.4. The van der Waals surface area contributed by atoms with Gasteiger partial charge in [0.25, 0.3) is 0 Å². The number of amides is 2. The van der Waals surface area contributed by atoms with Gasteiger partial charge >= 0.3 is 30.1 Å². The molecule has 3 aromatic rings. The van der Waals surface area contributed by atoms with Gasteiger partial charge in [-0.2, -0.15) is 0 Å². The zero-order valence-corrected chi connectivity index (χ0v) is 33.8. The summed E-state index contributed by atoms with van der Waals surface area (Å²) in [5, 5.41) is 3.79. The molecule has 0 bridgehead atoms. The maximum atomic E-state index is 13.3. The van der Waals surface area contributed by atoms with Crippen molar-refractivity contribution >= 4 is 57.6 Å². The summed E-state index contributed by atoms with van der Waals surface area (Å²) in [6.07, 6.45) is 0.775. The number of Topliss-reactive ketones (excluding diaryl/α,β-unsaturated/α-hetero) is 1. The number of rotatable bonds is 16. The van der Waals surface area contributed by atoms with E-state index in [0.717, 1.165) is 0 Å². The van der Waals surface area contributed by atoms with Crippen molar-refractivity contribution in [2.45, 2.75) is 131 Å². The molecule has 1 N–H and O–H groups in total. The molecule has 0 atom stereocenters. The lowest BCUT2D eigenvalue weighted by molar-refractivity contribution is -0.156. The summed E-state index contributed by atoms with van der Waals surface area (Å²) < 4.78 is 33.8. The molecule has 0 fully saturated rings. The van der Waals surface area contributed by atoms with Gasteiger partial charge in [0, 0.05) is 50.2 Å². The van der Waals surface area contributed by atoms with E-state index in [1.807, 2.05) is 20.8 Å². The SMILES string of the molecule is CC(=O)c1cc2c(OC(=O)NCCCCCC(=O)OC(C)(C)C)c3ccccc3c(OC(=O)CCCN(CCC(=O)OC(C)(C)C)C(=O)OC(C)(C)C)c2o1. The summed E-state index contributed by atoms with van der Waals surface area (Å²) in [7, 11) is 0. The molecular formula is C41H56N2O12. The lowest BCUT2D eigenvalue weighted by Gasteiger charge is -2.27. The first kappa shape index (κ1) is 44.3. The first-order valence-electron chi connectivity index (χ1n) is 18.6. The fourth-order valence-corrected chi connectivity index (χ4v) is 5.36. The van der Waals surface area contributed by atoms with Gasteiger partial charge in [0.05, 0.1) is 11.8 Å². The molecule has 3 rings (SSSR count). The predicted octanol–water partition coefficient (Wildman–Crippen LogP) is 8.43. The first-order chi connectivity index (χ1) is 25.5. The highest BCUT2D eigenvalue weighted by Crippen LogP contribution is 2.44. The number of fused-ring (bicyclic) bond motifs is 2. The smallest absolute Gasteiger partial charge is 0.412 e. The highest BCUT2D eigenvalue weighted by atomic mass is 16.6. The normalized spacial score (nSPS) is 11.9. The number of unbranched alkanes of at least 4 members (excludes halogenated alkanes) is 2. The third-order valence-electron chi connectivity index (χ3n) is 7.57. The van der Waals surface area contributed by atoms with Crippen LogP contribution in [-0.2, 0) is 28.6 Å². The summed E-state index contributed by atoms with van der Waals surface area (Å²) in [6, 6.07) is 8.23. The van der Waals surface area contributed by atoms with Crippen molar-refractivity contribution in [3.05, 3.63) is 36.1 Å². The Morgan fingerprint density at radius 1 is 0.636 bits per heavy atom. The minimum absolute atomic E-state index is 0.0213. The van der Waals surface area contributed by atoms with Gasteiger partial charge in [-0.1, -0.05) is 30.7 Å². The van der Waals surface area contributed by atoms with E-state index in [9.17, 15) is 28.8 Å². The van der Waals surface area contributed by atoms with Gasteiger partial charge in [-0.3, -0.25) is 19.2 Å². The molecule has 14 nitrogen and oxygen atoms in total. The molecule has 0 aliphatic heterocycles. The van der Waals surface area contributed by atoms with Crippen molar-refractivity contribution < 1.29 is 56.9 Å². The van der Waals surface area contributed by atoms with Gasteiger partial charge in [-0.25, -0.2) is 9.59 Å². The molecule has 0 saturated heterocycles. The number of carbonyl (C=O) groups excluding carboxylic acids is 6. The van der Waals surface area contributed by atoms with E-state index < -0.39 is 46.7 Å². The minimum Gasteiger partial charge on any atom is -0.460 e. The van der Waals surface area contributed by atoms with Crippen molar-refractivity contribution in [1.82, 2.24) is 10.2 Å². The number of nitrogens with one attached hydrogen (secondary N) is 1. The maximum absolute atomic E-state index is 13.3. The highest BCUT2D eigenvalue weighted by molar-refractivity contribution is 6.12. The second-order valence-electron chi connectivity index (χ2n) is 16.2. The van der Waals surface area contributed by atoms with Crippen LogP contribution in [0.2, 0.25) is 0 Å². The van der Waals surface area contributed by atoms with Crippen molar-refractivity contribution in [3.8, 4) is 11.5 Å². The zero-order chi connectivity index (χ0) is 41.1. The predicted molar refractivity (Wildman–Crippen MR) is 205 cm³/mol. The number of hydrogen-bond acceptors (Lipinski definition) is 12. The van der Waals surface area contributed by atoms with Crippen molar-refractivity contribution in [3.63, 3.8) is 0 Å². The van der Waals surface area contributed by atoms with E-state index in [0.29, 0.717) is 36.6 Å². The molecule has 2 aromatic carbocycles. The van der Waals surface area contributed by atoms with Crippen LogP contribution < -0.4 is 14.8 Å². The Kier molecular flexibility index (Phi) is 15.2. The van der Waals surface area contributed by atoms with E-state index in [1.165, 1.54) is 17.9 Å². The Morgan fingerprint density at radius 3 is 1.78 bits per heavy atom. The molecule has 0 unspecified atom stereocenters. The summed E-state index contributed by atoms with van der Waals surface area (Å²) in [5.74, 6) is -1.68. The summed E-state index contributed by atoms with van der Waals surface area (Å²) in [5.41, 5.74) is -1.97. The molecule has 2 amide bonds. The molecule has 0 aliphatic carbocycles. The average molecular weight is 769 g/mol. The van der Waals surface area contributed by atoms with E-state index in [2.05, 4.69) is 5.32 Å². The Bertz CT molecular complexity index is 1860. The Labute approximate surface area is 322 Å². The minimum atomic E-state index is -0.782. The van der Waals surface area contributed by atoms with Crippen LogP contribution in [0.25, 0.3) is 21.7 Å². The van der Waals surface area contributed by atoms with E-state index >= 15 is 0 Å². The topological polar surface area (TPSA) is 177 Å². The maximum Gasteiger partial charge on any atom is 0.412 e. The fraction of sp³-hybridized carbons (Fsp3) is 0.561. The lowest BCUT2D eigenvalue weighted by atomic mass is 10.0. The highest BCUT2D eigenvalue weighted by Gasteiger charge is 2.27. The van der Waals surface area contributed by atoms with Gasteiger partial charge in [0.2, 0.25) is 0 Å². The third kappa shape index (κ3) is 14.9. The molecular weight excluding hydrogens is 712 g/mol. The molecule has 1 aromatic heterocycles. The van der Waals surface area contributed by atoms with Gasteiger partial charge in [0.15, 0.2) is 28.6 Å². The Hall–Kier alpha value is -5.14. The molecule has 0 aliphatic rings. The lowest BCUT2D eigenvalue weighted by Crippen LogP contribution is -2.39. The summed E-state index contributed by atoms with van der Waals surface area (Å²) in [6.45, 7) is 17.6. The van der Waals surface area contributed by atoms with Crippen LogP contribution in [0.5, 0.6) is 11.5 Å². The van der Waals surface area contributed by atoms with Crippen LogP contribution in [0.15, 0.2) is 34.7 Å². The van der Waals surface area contributed by atoms with Crippen molar-refractivity contribution in [2.24, 2.45) is 0 Å². The monoisotopic (exact) mass is 768 g/mol. The molecule has 14 heteroatoms. The summed E-state index contributed by atoms with van der Waals surface area (Å²) >= 11 is 0. The third-order valence-corrected chi connectivity index (χ3v) is 7.57. The van der Waals surface area contributed by atoms with Crippen LogP contribution in [0.1, 0.15) is 125 Å². The molecule has 302 valence electrons. The largest absolute Gasteiger partial charge is 0.460 e. The number of ketones is 1. The van der Waals surface area contributed by atoms with Crippen LogP contribution in [0, 0.1) is 0 Å². The number of furan rings is 1. The van der Waals surface area contributed by atoms with Gasteiger partial charge in [-0.15, -0.1) is 0 Å². The van der Waals surface area contributed by atoms with Gasteiger partial charge in [0.1, 0.15) is 16.8 Å². The number of nitrogens with zero attached hydrogens (tertiary/aromatic N) is 1. The number of benzene rings is 2.